The van der Waals surface area contributed by atoms with Gasteiger partial charge in [0.2, 0.25) is 0 Å². The molecule has 0 radical (unpaired) electrons. The zero-order valence-corrected chi connectivity index (χ0v) is 11.3. The minimum absolute atomic E-state index is 1.13. The number of rotatable bonds is 0. The average molecular weight is 271 g/mol. The number of anilines is 7. The number of hydrogen-bond acceptors (Lipinski definition) is 3. The summed E-state index contributed by atoms with van der Waals surface area (Å²) in [6.07, 6.45) is 0. The van der Waals surface area contributed by atoms with E-state index >= 15 is 0 Å². The number of fused-ring (bicyclic) bond motifs is 4. The number of nitrogens with zero attached hydrogens (tertiary/aromatic N) is 1. The van der Waals surface area contributed by atoms with Gasteiger partial charge in [-0.1, -0.05) is 30.3 Å². The van der Waals surface area contributed by atoms with Crippen LogP contribution in [0.2, 0.25) is 0 Å². The van der Waals surface area contributed by atoms with Crippen LogP contribution in [0.4, 0.5) is 39.8 Å². The molecular weight excluding hydrogens is 258 g/mol. The molecule has 0 atom stereocenters. The van der Waals surface area contributed by atoms with Crippen molar-refractivity contribution in [1.29, 1.82) is 0 Å². The normalized spacial score (nSPS) is 13.4. The fraction of sp³-hybridized carbons (Fsp3) is 0. The second-order valence-electron chi connectivity index (χ2n) is 5.32. The molecular formula is C18H13N3. The Balaban J connectivity index is 1.88. The van der Waals surface area contributed by atoms with E-state index in [4.69, 9.17) is 0 Å². The van der Waals surface area contributed by atoms with E-state index in [-0.39, 0.29) is 0 Å². The van der Waals surface area contributed by atoms with Crippen molar-refractivity contribution in [3.05, 3.63) is 66.7 Å². The van der Waals surface area contributed by atoms with E-state index in [2.05, 4.69) is 82.3 Å². The lowest BCUT2D eigenvalue weighted by Crippen LogP contribution is -2.22. The van der Waals surface area contributed by atoms with Crippen molar-refractivity contribution in [2.75, 3.05) is 15.5 Å². The van der Waals surface area contributed by atoms with E-state index < -0.39 is 0 Å². The molecule has 0 fully saturated rings. The van der Waals surface area contributed by atoms with Crippen LogP contribution in [0.25, 0.3) is 0 Å². The first-order valence-electron chi connectivity index (χ1n) is 7.07. The number of benzene rings is 3. The Labute approximate surface area is 122 Å². The van der Waals surface area contributed by atoms with Gasteiger partial charge in [0.15, 0.2) is 0 Å². The summed E-state index contributed by atoms with van der Waals surface area (Å²) < 4.78 is 0. The largest absolute Gasteiger partial charge is 0.352 e. The highest BCUT2D eigenvalue weighted by atomic mass is 15.2. The third-order valence-electron chi connectivity index (χ3n) is 4.09. The Morgan fingerprint density at radius 2 is 1.00 bits per heavy atom. The van der Waals surface area contributed by atoms with Gasteiger partial charge < -0.3 is 15.5 Å². The van der Waals surface area contributed by atoms with Crippen LogP contribution in [-0.2, 0) is 0 Å². The zero-order valence-electron chi connectivity index (χ0n) is 11.3. The van der Waals surface area contributed by atoms with Gasteiger partial charge in [-0.3, -0.25) is 0 Å². The van der Waals surface area contributed by atoms with Crippen LogP contribution in [0.5, 0.6) is 0 Å². The lowest BCUT2D eigenvalue weighted by atomic mass is 10.0. The maximum Gasteiger partial charge on any atom is 0.0936 e. The third-order valence-corrected chi connectivity index (χ3v) is 4.09. The van der Waals surface area contributed by atoms with E-state index in [1.54, 1.807) is 0 Å². The molecule has 3 heteroatoms. The van der Waals surface area contributed by atoms with Crippen molar-refractivity contribution in [2.45, 2.75) is 0 Å². The van der Waals surface area contributed by atoms with Gasteiger partial charge in [0.05, 0.1) is 39.8 Å². The van der Waals surface area contributed by atoms with E-state index in [9.17, 15) is 0 Å². The highest BCUT2D eigenvalue weighted by Crippen LogP contribution is 2.55. The van der Waals surface area contributed by atoms with E-state index in [0.717, 1.165) is 22.7 Å². The zero-order chi connectivity index (χ0) is 13.8. The van der Waals surface area contributed by atoms with Gasteiger partial charge in [0.25, 0.3) is 0 Å². The second kappa shape index (κ2) is 3.79. The monoisotopic (exact) mass is 271 g/mol. The Hall–Kier alpha value is -2.94. The van der Waals surface area contributed by atoms with Crippen LogP contribution < -0.4 is 15.5 Å². The molecule has 21 heavy (non-hydrogen) atoms. The summed E-state index contributed by atoms with van der Waals surface area (Å²) in [6, 6.07) is 23.2. The highest BCUT2D eigenvalue weighted by molar-refractivity contribution is 6.07. The predicted octanol–water partition coefficient (Wildman–Crippen LogP) is 5.27. The summed E-state index contributed by atoms with van der Waals surface area (Å²) >= 11 is 0. The maximum absolute atomic E-state index is 3.53. The molecule has 3 aromatic rings. The molecule has 3 nitrogen and oxygen atoms in total. The summed E-state index contributed by atoms with van der Waals surface area (Å²) in [6.45, 7) is 0. The molecule has 0 amide bonds. The van der Waals surface area contributed by atoms with Crippen LogP contribution in [0, 0.1) is 0 Å². The second-order valence-corrected chi connectivity index (χ2v) is 5.32. The first-order valence-corrected chi connectivity index (χ1v) is 7.07. The molecule has 0 spiro atoms. The molecule has 0 bridgehead atoms. The van der Waals surface area contributed by atoms with Crippen LogP contribution in [0.1, 0.15) is 0 Å². The van der Waals surface area contributed by atoms with Gasteiger partial charge in [-0.25, -0.2) is 0 Å². The van der Waals surface area contributed by atoms with E-state index in [1.165, 1.54) is 17.1 Å². The number of nitrogens with one attached hydrogen (secondary N) is 2. The average Bonchev–Trinajstić information content (AvgIpc) is 2.54. The molecule has 2 heterocycles. The quantitative estimate of drug-likeness (QED) is 0.402. The molecule has 0 saturated carbocycles. The number of hydrogen-bond donors (Lipinski definition) is 2. The minimum atomic E-state index is 1.13. The lowest BCUT2D eigenvalue weighted by molar-refractivity contribution is 1.22. The van der Waals surface area contributed by atoms with Crippen molar-refractivity contribution >= 4 is 39.8 Å². The minimum Gasteiger partial charge on any atom is -0.352 e. The summed E-state index contributed by atoms with van der Waals surface area (Å²) in [5.74, 6) is 0. The van der Waals surface area contributed by atoms with Crippen LogP contribution in [-0.4, -0.2) is 0 Å². The van der Waals surface area contributed by atoms with Crippen LogP contribution in [0.3, 0.4) is 0 Å². The molecule has 5 rings (SSSR count). The Morgan fingerprint density at radius 3 is 1.57 bits per heavy atom. The molecule has 3 aromatic carbocycles. The van der Waals surface area contributed by atoms with Gasteiger partial charge in [-0.05, 0) is 36.4 Å². The van der Waals surface area contributed by atoms with Crippen molar-refractivity contribution in [1.82, 2.24) is 0 Å². The molecule has 2 aliphatic heterocycles. The first-order chi connectivity index (χ1) is 10.4. The maximum atomic E-state index is 3.53. The summed E-state index contributed by atoms with van der Waals surface area (Å²) in [5.41, 5.74) is 8.10. The molecule has 0 unspecified atom stereocenters. The fourth-order valence-electron chi connectivity index (χ4n) is 3.20. The first kappa shape index (κ1) is 10.8. The smallest absolute Gasteiger partial charge is 0.0936 e. The van der Waals surface area contributed by atoms with Gasteiger partial charge >= 0.3 is 0 Å². The van der Waals surface area contributed by atoms with Gasteiger partial charge in [0, 0.05) is 0 Å². The van der Waals surface area contributed by atoms with Crippen LogP contribution in [0.15, 0.2) is 66.7 Å². The van der Waals surface area contributed by atoms with Crippen molar-refractivity contribution in [3.63, 3.8) is 0 Å². The summed E-state index contributed by atoms with van der Waals surface area (Å²) in [4.78, 5) is 2.34. The topological polar surface area (TPSA) is 27.3 Å². The van der Waals surface area contributed by atoms with E-state index in [0.29, 0.717) is 0 Å². The Bertz CT molecular complexity index is 802. The van der Waals surface area contributed by atoms with Gasteiger partial charge in [0.1, 0.15) is 0 Å². The lowest BCUT2D eigenvalue weighted by Gasteiger charge is -2.39. The summed E-state index contributed by atoms with van der Waals surface area (Å²) in [5, 5.41) is 7.06. The Morgan fingerprint density at radius 1 is 0.524 bits per heavy atom. The Kier molecular flexibility index (Phi) is 1.95. The highest BCUT2D eigenvalue weighted by Gasteiger charge is 2.30. The standard InChI is InChI=1S/C18H13N3/c1-3-10-16-12(6-1)19-14-8-5-9-15-18(14)21(16)17-11-4-2-7-13(17)20-15/h1-11,19-20H. The SMILES string of the molecule is c1ccc2c(c1)Nc1cccc3c1N2c1ccccc1N3. The van der Waals surface area contributed by atoms with Crippen molar-refractivity contribution < 1.29 is 0 Å². The van der Waals surface area contributed by atoms with Gasteiger partial charge in [-0.2, -0.15) is 0 Å². The van der Waals surface area contributed by atoms with Crippen molar-refractivity contribution in [2.24, 2.45) is 0 Å². The predicted molar refractivity (Wildman–Crippen MR) is 87.7 cm³/mol. The van der Waals surface area contributed by atoms with E-state index in [1.807, 2.05) is 0 Å². The van der Waals surface area contributed by atoms with Gasteiger partial charge in [-0.15, -0.1) is 0 Å². The summed E-state index contributed by atoms with van der Waals surface area (Å²) in [7, 11) is 0. The molecule has 0 aliphatic carbocycles. The molecule has 2 aliphatic rings. The van der Waals surface area contributed by atoms with Crippen molar-refractivity contribution in [3.8, 4) is 0 Å². The molecule has 0 saturated heterocycles. The number of para-hydroxylation sites is 5. The van der Waals surface area contributed by atoms with Crippen LogP contribution >= 0.6 is 0 Å². The fourth-order valence-corrected chi connectivity index (χ4v) is 3.20. The molecule has 0 aromatic heterocycles. The molecule has 100 valence electrons. The molecule has 2 N–H and O–H groups in total. The third kappa shape index (κ3) is 1.37.